The predicted octanol–water partition coefficient (Wildman–Crippen LogP) is 5.04. The van der Waals surface area contributed by atoms with Crippen molar-refractivity contribution >= 4 is 0 Å². The molecule has 0 aliphatic carbocycles. The lowest BCUT2D eigenvalue weighted by Crippen LogP contribution is -2.49. The lowest BCUT2D eigenvalue weighted by Gasteiger charge is -2.42. The van der Waals surface area contributed by atoms with E-state index in [1.165, 1.54) is 12.1 Å². The smallest absolute Gasteiger partial charge is 0.416 e. The normalized spacial score (nSPS) is 24.5. The predicted molar refractivity (Wildman–Crippen MR) is 95.7 cm³/mol. The molecule has 1 aromatic carbocycles. The van der Waals surface area contributed by atoms with E-state index in [1.54, 1.807) is 0 Å². The average molecular weight is 431 g/mol. The molecule has 4 rings (SSSR count). The van der Waals surface area contributed by atoms with Crippen LogP contribution in [0.2, 0.25) is 0 Å². The molecule has 162 valence electrons. The van der Waals surface area contributed by atoms with Gasteiger partial charge in [0.15, 0.2) is 0 Å². The Morgan fingerprint density at radius 2 is 1.57 bits per heavy atom. The number of alkyl halides is 6. The third-order valence-electron chi connectivity index (χ3n) is 5.59. The Kier molecular flexibility index (Phi) is 5.37. The zero-order valence-corrected chi connectivity index (χ0v) is 15.8. The molecule has 1 aromatic heterocycles. The first-order chi connectivity index (χ1) is 14.1. The van der Waals surface area contributed by atoms with Crippen LogP contribution in [0.25, 0.3) is 11.3 Å². The van der Waals surface area contributed by atoms with Gasteiger partial charge in [-0.1, -0.05) is 0 Å². The molecule has 3 heterocycles. The molecule has 0 amide bonds. The van der Waals surface area contributed by atoms with Gasteiger partial charge >= 0.3 is 12.4 Å². The summed E-state index contributed by atoms with van der Waals surface area (Å²) in [6.07, 6.45) is -6.85. The number of hydrogen-bond acceptors (Lipinski definition) is 4. The Bertz CT molecular complexity index is 865. The molecule has 0 spiro atoms. The van der Waals surface area contributed by atoms with Crippen LogP contribution in [0, 0.1) is 5.92 Å². The second kappa shape index (κ2) is 7.72. The summed E-state index contributed by atoms with van der Waals surface area (Å²) in [6.45, 7) is 2.98. The van der Waals surface area contributed by atoms with Crippen LogP contribution in [0.1, 0.15) is 30.4 Å². The molecule has 2 aliphatic rings. The van der Waals surface area contributed by atoms with Gasteiger partial charge in [0, 0.05) is 30.6 Å². The van der Waals surface area contributed by atoms with E-state index in [2.05, 4.69) is 15.1 Å². The van der Waals surface area contributed by atoms with Gasteiger partial charge in [-0.15, -0.1) is 10.2 Å². The maximum absolute atomic E-state index is 13.1. The van der Waals surface area contributed by atoms with E-state index in [0.29, 0.717) is 18.1 Å². The second-order valence-corrected chi connectivity index (χ2v) is 7.70. The van der Waals surface area contributed by atoms with Crippen LogP contribution in [-0.4, -0.2) is 40.8 Å². The summed E-state index contributed by atoms with van der Waals surface area (Å²) in [5.41, 5.74) is -3.18. The topological polar surface area (TPSA) is 38.2 Å². The molecule has 0 N–H and O–H groups in total. The number of fused-ring (bicyclic) bond motifs is 2. The molecule has 2 aromatic rings. The van der Waals surface area contributed by atoms with Gasteiger partial charge in [-0.3, -0.25) is 0 Å². The van der Waals surface area contributed by atoms with Crippen molar-refractivity contribution in [1.29, 1.82) is 0 Å². The van der Waals surface area contributed by atoms with Gasteiger partial charge in [0.1, 0.15) is 6.10 Å². The Labute approximate surface area is 168 Å². The zero-order chi connectivity index (χ0) is 21.5. The van der Waals surface area contributed by atoms with Crippen LogP contribution < -0.4 is 4.74 Å². The Morgan fingerprint density at radius 3 is 2.17 bits per heavy atom. The molecule has 3 atom stereocenters. The molecule has 0 saturated carbocycles. The molecule has 2 fully saturated rings. The van der Waals surface area contributed by atoms with E-state index in [1.807, 2.05) is 0 Å². The van der Waals surface area contributed by atoms with Crippen molar-refractivity contribution in [3.8, 4) is 17.1 Å². The molecule has 10 heteroatoms. The standard InChI is InChI=1S/C20H19F6N3O/c21-19(22,23)14-8-13(9-15(10-14)20(24,25)26)16-3-4-18(28-27-16)30-17-5-7-29-6-1-2-12(17)11-29/h3-4,8-10,12,17H,1-2,5-7,11H2/t12-,17-/m0/s1. The van der Waals surface area contributed by atoms with E-state index < -0.39 is 23.5 Å². The summed E-state index contributed by atoms with van der Waals surface area (Å²) >= 11 is 0. The number of ether oxygens (including phenoxy) is 1. The monoisotopic (exact) mass is 431 g/mol. The maximum Gasteiger partial charge on any atom is 0.416 e. The third-order valence-corrected chi connectivity index (χ3v) is 5.59. The minimum absolute atomic E-state index is 0.0212. The Balaban J connectivity index is 1.56. The summed E-state index contributed by atoms with van der Waals surface area (Å²) in [5, 5.41) is 7.71. The van der Waals surface area contributed by atoms with Crippen molar-refractivity contribution in [2.75, 3.05) is 19.6 Å². The minimum atomic E-state index is -4.92. The highest BCUT2D eigenvalue weighted by Crippen LogP contribution is 2.38. The van der Waals surface area contributed by atoms with Gasteiger partial charge in [0.2, 0.25) is 5.88 Å². The van der Waals surface area contributed by atoms with Crippen molar-refractivity contribution in [1.82, 2.24) is 15.1 Å². The molecule has 30 heavy (non-hydrogen) atoms. The van der Waals surface area contributed by atoms with Crippen molar-refractivity contribution in [3.63, 3.8) is 0 Å². The fourth-order valence-electron chi connectivity index (χ4n) is 4.09. The lowest BCUT2D eigenvalue weighted by molar-refractivity contribution is -0.143. The van der Waals surface area contributed by atoms with Gasteiger partial charge < -0.3 is 9.64 Å². The molecule has 0 radical (unpaired) electrons. The highest BCUT2D eigenvalue weighted by molar-refractivity contribution is 5.61. The minimum Gasteiger partial charge on any atom is -0.473 e. The van der Waals surface area contributed by atoms with Crippen molar-refractivity contribution < 1.29 is 31.1 Å². The molecule has 2 bridgehead atoms. The Morgan fingerprint density at radius 1 is 0.867 bits per heavy atom. The molecule has 2 aliphatic heterocycles. The van der Waals surface area contributed by atoms with E-state index >= 15 is 0 Å². The SMILES string of the molecule is FC(F)(F)c1cc(-c2ccc(O[C@H]3CCN4CCC[C@H]3C4)nn2)cc(C(F)(F)F)c1. The number of benzene rings is 1. The summed E-state index contributed by atoms with van der Waals surface area (Å²) in [4.78, 5) is 2.38. The highest BCUT2D eigenvalue weighted by Gasteiger charge is 2.37. The van der Waals surface area contributed by atoms with Crippen LogP contribution in [0.3, 0.4) is 0 Å². The summed E-state index contributed by atoms with van der Waals surface area (Å²) in [6, 6.07) is 4.12. The summed E-state index contributed by atoms with van der Waals surface area (Å²) < 4.78 is 84.2. The average Bonchev–Trinajstić information content (AvgIpc) is 2.69. The number of rotatable bonds is 3. The van der Waals surface area contributed by atoms with Gasteiger partial charge in [0.25, 0.3) is 0 Å². The quantitative estimate of drug-likeness (QED) is 0.638. The fraction of sp³-hybridized carbons (Fsp3) is 0.500. The summed E-state index contributed by atoms with van der Waals surface area (Å²) in [7, 11) is 0. The van der Waals surface area contributed by atoms with Gasteiger partial charge in [-0.05, 0) is 50.1 Å². The van der Waals surface area contributed by atoms with Crippen LogP contribution >= 0.6 is 0 Å². The number of piperidine rings is 2. The van der Waals surface area contributed by atoms with Gasteiger partial charge in [-0.2, -0.15) is 26.3 Å². The lowest BCUT2D eigenvalue weighted by atomic mass is 9.87. The van der Waals surface area contributed by atoms with Crippen LogP contribution in [-0.2, 0) is 12.4 Å². The number of halogens is 6. The first kappa shape index (κ1) is 20.9. The zero-order valence-electron chi connectivity index (χ0n) is 15.8. The van der Waals surface area contributed by atoms with E-state index in [0.717, 1.165) is 38.9 Å². The fourth-order valence-corrected chi connectivity index (χ4v) is 4.09. The molecule has 4 nitrogen and oxygen atoms in total. The number of aromatic nitrogens is 2. The molecule has 2 saturated heterocycles. The second-order valence-electron chi connectivity index (χ2n) is 7.70. The first-order valence-electron chi connectivity index (χ1n) is 9.62. The van der Waals surface area contributed by atoms with Crippen LogP contribution in [0.4, 0.5) is 26.3 Å². The Hall–Kier alpha value is -2.36. The number of nitrogens with zero attached hydrogens (tertiary/aromatic N) is 3. The van der Waals surface area contributed by atoms with Gasteiger partial charge in [0.05, 0.1) is 16.8 Å². The first-order valence-corrected chi connectivity index (χ1v) is 9.62. The van der Waals surface area contributed by atoms with E-state index in [4.69, 9.17) is 4.74 Å². The summed E-state index contributed by atoms with van der Waals surface area (Å²) in [5.74, 6) is 0.595. The largest absolute Gasteiger partial charge is 0.473 e. The van der Waals surface area contributed by atoms with Crippen molar-refractivity contribution in [2.24, 2.45) is 5.92 Å². The highest BCUT2D eigenvalue weighted by atomic mass is 19.4. The van der Waals surface area contributed by atoms with E-state index in [-0.39, 0.29) is 29.3 Å². The van der Waals surface area contributed by atoms with Gasteiger partial charge in [-0.25, -0.2) is 0 Å². The van der Waals surface area contributed by atoms with E-state index in [9.17, 15) is 26.3 Å². The van der Waals surface area contributed by atoms with Crippen molar-refractivity contribution in [3.05, 3.63) is 41.5 Å². The molecular formula is C20H19F6N3O. The maximum atomic E-state index is 13.1. The van der Waals surface area contributed by atoms with Crippen LogP contribution in [0.15, 0.2) is 30.3 Å². The van der Waals surface area contributed by atoms with Crippen molar-refractivity contribution in [2.45, 2.75) is 37.7 Å². The number of hydrogen-bond donors (Lipinski definition) is 0. The molecule has 1 unspecified atom stereocenters. The third kappa shape index (κ3) is 4.53. The van der Waals surface area contributed by atoms with Crippen LogP contribution in [0.5, 0.6) is 5.88 Å². The molecular weight excluding hydrogens is 412 g/mol.